The van der Waals surface area contributed by atoms with Crippen molar-refractivity contribution in [3.05, 3.63) is 84.6 Å². The Kier molecular flexibility index (Phi) is 6.70. The molecule has 1 fully saturated rings. The number of benzene rings is 2. The van der Waals surface area contributed by atoms with Crippen LogP contribution in [0.1, 0.15) is 23.2 Å². The van der Waals surface area contributed by atoms with Gasteiger partial charge in [-0.1, -0.05) is 48.2 Å². The van der Waals surface area contributed by atoms with E-state index < -0.39 is 10.0 Å². The Hall–Kier alpha value is -2.68. The number of carbonyl (C=O) groups excluding carboxylic acids is 1. The maximum atomic E-state index is 13.2. The Morgan fingerprint density at radius 3 is 2.26 bits per heavy atom. The SMILES string of the molecule is O=C(c1cccnc1Sc1ccccc1)N1CCC(NS(=O)(=O)c2ccccc2)CC1. The molecule has 3 aromatic rings. The van der Waals surface area contributed by atoms with Crippen molar-refractivity contribution >= 4 is 27.7 Å². The smallest absolute Gasteiger partial charge is 0.256 e. The van der Waals surface area contributed by atoms with E-state index in [1.807, 2.05) is 30.3 Å². The Labute approximate surface area is 186 Å². The van der Waals surface area contributed by atoms with E-state index in [1.165, 1.54) is 11.8 Å². The summed E-state index contributed by atoms with van der Waals surface area (Å²) in [4.78, 5) is 20.6. The predicted octanol–water partition coefficient (Wildman–Crippen LogP) is 3.82. The average Bonchev–Trinajstić information content (AvgIpc) is 2.81. The van der Waals surface area contributed by atoms with Crippen LogP contribution in [-0.2, 0) is 10.0 Å². The van der Waals surface area contributed by atoms with Gasteiger partial charge in [0.25, 0.3) is 5.91 Å². The number of sulfonamides is 1. The molecule has 31 heavy (non-hydrogen) atoms. The highest BCUT2D eigenvalue weighted by molar-refractivity contribution is 7.99. The van der Waals surface area contributed by atoms with Gasteiger partial charge in [0, 0.05) is 30.2 Å². The van der Waals surface area contributed by atoms with E-state index in [0.29, 0.717) is 36.5 Å². The Balaban J connectivity index is 1.40. The van der Waals surface area contributed by atoms with Gasteiger partial charge < -0.3 is 4.90 Å². The van der Waals surface area contributed by atoms with Gasteiger partial charge in [-0.2, -0.15) is 0 Å². The molecule has 1 saturated heterocycles. The summed E-state index contributed by atoms with van der Waals surface area (Å²) in [6.07, 6.45) is 2.82. The molecule has 8 heteroatoms. The molecule has 1 aromatic heterocycles. The molecule has 0 unspecified atom stereocenters. The summed E-state index contributed by atoms with van der Waals surface area (Å²) in [5.74, 6) is -0.0732. The van der Waals surface area contributed by atoms with Crippen LogP contribution in [0.3, 0.4) is 0 Å². The maximum Gasteiger partial charge on any atom is 0.256 e. The van der Waals surface area contributed by atoms with E-state index >= 15 is 0 Å². The van der Waals surface area contributed by atoms with E-state index in [1.54, 1.807) is 53.6 Å². The van der Waals surface area contributed by atoms with E-state index in [2.05, 4.69) is 9.71 Å². The van der Waals surface area contributed by atoms with Crippen molar-refractivity contribution in [3.63, 3.8) is 0 Å². The molecule has 2 aromatic carbocycles. The fraction of sp³-hybridized carbons (Fsp3) is 0.217. The first-order valence-electron chi connectivity index (χ1n) is 10.1. The van der Waals surface area contributed by atoms with Gasteiger partial charge in [-0.25, -0.2) is 18.1 Å². The summed E-state index contributed by atoms with van der Waals surface area (Å²) in [7, 11) is -3.56. The molecule has 0 spiro atoms. The van der Waals surface area contributed by atoms with Crippen molar-refractivity contribution in [1.29, 1.82) is 0 Å². The van der Waals surface area contributed by atoms with Gasteiger partial charge in [-0.05, 0) is 49.2 Å². The molecule has 0 saturated carbocycles. The third-order valence-electron chi connectivity index (χ3n) is 5.12. The molecule has 1 aliphatic heterocycles. The monoisotopic (exact) mass is 453 g/mol. The van der Waals surface area contributed by atoms with Crippen LogP contribution in [0, 0.1) is 0 Å². The standard InChI is InChI=1S/C23H23N3O3S2/c27-23(21-12-7-15-24-22(21)30-19-8-3-1-4-9-19)26-16-13-18(14-17-26)25-31(28,29)20-10-5-2-6-11-20/h1-12,15,18,25H,13-14,16-17H2. The van der Waals surface area contributed by atoms with Gasteiger partial charge in [-0.3, -0.25) is 4.79 Å². The second-order valence-electron chi connectivity index (χ2n) is 7.27. The summed E-state index contributed by atoms with van der Waals surface area (Å²) in [6, 6.07) is 21.5. The van der Waals surface area contributed by atoms with Crippen LogP contribution in [0.2, 0.25) is 0 Å². The minimum Gasteiger partial charge on any atom is -0.338 e. The summed E-state index contributed by atoms with van der Waals surface area (Å²) in [6.45, 7) is 0.982. The van der Waals surface area contributed by atoms with E-state index in [9.17, 15) is 13.2 Å². The lowest BCUT2D eigenvalue weighted by Crippen LogP contribution is -2.46. The highest BCUT2D eigenvalue weighted by Gasteiger charge is 2.28. The van der Waals surface area contributed by atoms with Crippen molar-refractivity contribution in [2.75, 3.05) is 13.1 Å². The van der Waals surface area contributed by atoms with Crippen LogP contribution in [0.5, 0.6) is 0 Å². The molecular weight excluding hydrogens is 430 g/mol. The summed E-state index contributed by atoms with van der Waals surface area (Å²) >= 11 is 1.46. The largest absolute Gasteiger partial charge is 0.338 e. The zero-order valence-corrected chi connectivity index (χ0v) is 18.5. The summed E-state index contributed by atoms with van der Waals surface area (Å²) in [5.41, 5.74) is 0.569. The highest BCUT2D eigenvalue weighted by Crippen LogP contribution is 2.29. The number of nitrogens with zero attached hydrogens (tertiary/aromatic N) is 2. The van der Waals surface area contributed by atoms with Crippen molar-refractivity contribution in [3.8, 4) is 0 Å². The molecule has 0 radical (unpaired) electrons. The van der Waals surface area contributed by atoms with Crippen molar-refractivity contribution in [2.45, 2.75) is 33.7 Å². The molecular formula is C23H23N3O3S2. The normalized spacial score (nSPS) is 15.0. The van der Waals surface area contributed by atoms with E-state index in [4.69, 9.17) is 0 Å². The highest BCUT2D eigenvalue weighted by atomic mass is 32.2. The quantitative estimate of drug-likeness (QED) is 0.614. The molecule has 1 N–H and O–H groups in total. The van der Waals surface area contributed by atoms with Gasteiger partial charge in [0.05, 0.1) is 10.5 Å². The molecule has 1 amide bonds. The fourth-order valence-electron chi connectivity index (χ4n) is 3.49. The number of piperidine rings is 1. The van der Waals surface area contributed by atoms with Crippen LogP contribution in [0.15, 0.2) is 93.8 Å². The zero-order chi connectivity index (χ0) is 21.7. The Bertz CT molecular complexity index is 1130. The minimum absolute atomic E-state index is 0.0732. The minimum atomic E-state index is -3.56. The molecule has 2 heterocycles. The number of pyridine rings is 1. The second kappa shape index (κ2) is 9.64. The number of aromatic nitrogens is 1. The van der Waals surface area contributed by atoms with Gasteiger partial charge in [-0.15, -0.1) is 0 Å². The molecule has 0 aliphatic carbocycles. The molecule has 6 nitrogen and oxygen atoms in total. The van der Waals surface area contributed by atoms with Crippen molar-refractivity contribution in [2.24, 2.45) is 0 Å². The number of likely N-dealkylation sites (tertiary alicyclic amines) is 1. The number of nitrogens with one attached hydrogen (secondary N) is 1. The molecule has 0 bridgehead atoms. The molecule has 0 atom stereocenters. The lowest BCUT2D eigenvalue weighted by molar-refractivity contribution is 0.0707. The number of hydrogen-bond acceptors (Lipinski definition) is 5. The second-order valence-corrected chi connectivity index (χ2v) is 10.0. The van der Waals surface area contributed by atoms with Crippen molar-refractivity contribution in [1.82, 2.24) is 14.6 Å². The van der Waals surface area contributed by atoms with Gasteiger partial charge in [0.15, 0.2) is 0 Å². The van der Waals surface area contributed by atoms with Crippen LogP contribution < -0.4 is 4.72 Å². The number of hydrogen-bond donors (Lipinski definition) is 1. The third-order valence-corrected chi connectivity index (χ3v) is 7.68. The average molecular weight is 454 g/mol. The van der Waals surface area contributed by atoms with E-state index in [0.717, 1.165) is 4.90 Å². The van der Waals surface area contributed by atoms with Crippen LogP contribution in [-0.4, -0.2) is 43.3 Å². The zero-order valence-electron chi connectivity index (χ0n) is 16.8. The molecule has 1 aliphatic rings. The first-order valence-corrected chi connectivity index (χ1v) is 12.4. The van der Waals surface area contributed by atoms with Gasteiger partial charge >= 0.3 is 0 Å². The lowest BCUT2D eigenvalue weighted by Gasteiger charge is -2.32. The fourth-order valence-corrected chi connectivity index (χ4v) is 5.71. The van der Waals surface area contributed by atoms with Crippen LogP contribution in [0.4, 0.5) is 0 Å². The predicted molar refractivity (Wildman–Crippen MR) is 120 cm³/mol. The summed E-state index contributed by atoms with van der Waals surface area (Å²) < 4.78 is 27.9. The molecule has 4 rings (SSSR count). The number of amides is 1. The number of carbonyl (C=O) groups is 1. The lowest BCUT2D eigenvalue weighted by atomic mass is 10.1. The topological polar surface area (TPSA) is 79.4 Å². The Morgan fingerprint density at radius 1 is 0.935 bits per heavy atom. The van der Waals surface area contributed by atoms with Crippen LogP contribution >= 0.6 is 11.8 Å². The third kappa shape index (κ3) is 5.33. The Morgan fingerprint density at radius 2 is 1.58 bits per heavy atom. The number of rotatable bonds is 6. The van der Waals surface area contributed by atoms with Gasteiger partial charge in [0.1, 0.15) is 5.03 Å². The first kappa shape index (κ1) is 21.5. The maximum absolute atomic E-state index is 13.2. The van der Waals surface area contributed by atoms with Gasteiger partial charge in [0.2, 0.25) is 10.0 Å². The van der Waals surface area contributed by atoms with Crippen molar-refractivity contribution < 1.29 is 13.2 Å². The summed E-state index contributed by atoms with van der Waals surface area (Å²) in [5, 5.41) is 0.672. The van der Waals surface area contributed by atoms with E-state index in [-0.39, 0.29) is 16.8 Å². The van der Waals surface area contributed by atoms with Crippen LogP contribution in [0.25, 0.3) is 0 Å². The molecule has 160 valence electrons. The first-order chi connectivity index (χ1) is 15.0.